The van der Waals surface area contributed by atoms with Crippen LogP contribution in [0, 0.1) is 6.92 Å². The minimum absolute atomic E-state index is 0.249. The fraction of sp³-hybridized carbons (Fsp3) is 0.556. The maximum absolute atomic E-state index is 12.0. The third-order valence-electron chi connectivity index (χ3n) is 3.94. The summed E-state index contributed by atoms with van der Waals surface area (Å²) in [5, 5.41) is 5.12. The fourth-order valence-electron chi connectivity index (χ4n) is 2.81. The van der Waals surface area contributed by atoms with Gasteiger partial charge in [-0.1, -0.05) is 18.2 Å². The number of imide groups is 1. The molecule has 0 spiro atoms. The van der Waals surface area contributed by atoms with Crippen molar-refractivity contribution in [3.63, 3.8) is 0 Å². The highest BCUT2D eigenvalue weighted by molar-refractivity contribution is 5.95. The molecule has 1 fully saturated rings. The molecule has 0 aromatic heterocycles. The lowest BCUT2D eigenvalue weighted by atomic mass is 10.1. The largest absolute Gasteiger partial charge is 0.369 e. The van der Waals surface area contributed by atoms with E-state index in [-0.39, 0.29) is 18.0 Å². The number of nitrogens with one attached hydrogen (secondary N) is 2. The summed E-state index contributed by atoms with van der Waals surface area (Å²) in [6.07, 6.45) is 0. The molecule has 0 saturated carbocycles. The second-order valence-electron chi connectivity index (χ2n) is 7.30. The van der Waals surface area contributed by atoms with Gasteiger partial charge in [0.1, 0.15) is 0 Å². The summed E-state index contributed by atoms with van der Waals surface area (Å²) in [6.45, 7) is 11.4. The van der Waals surface area contributed by atoms with E-state index in [9.17, 15) is 9.59 Å². The zero-order valence-electron chi connectivity index (χ0n) is 15.1. The second-order valence-corrected chi connectivity index (χ2v) is 7.30. The molecule has 0 unspecified atom stereocenters. The average molecular weight is 332 g/mol. The Morgan fingerprint density at radius 1 is 1.08 bits per heavy atom. The lowest BCUT2D eigenvalue weighted by Crippen LogP contribution is -2.53. The zero-order chi connectivity index (χ0) is 17.7. The Morgan fingerprint density at radius 2 is 1.71 bits per heavy atom. The summed E-state index contributed by atoms with van der Waals surface area (Å²) in [7, 11) is 0. The molecular weight excluding hydrogens is 304 g/mol. The van der Waals surface area contributed by atoms with Gasteiger partial charge in [0.25, 0.3) is 0 Å². The molecule has 1 heterocycles. The normalized spacial score (nSPS) is 15.9. The van der Waals surface area contributed by atoms with Crippen molar-refractivity contribution >= 4 is 17.6 Å². The minimum Gasteiger partial charge on any atom is -0.369 e. The molecule has 6 heteroatoms. The smallest absolute Gasteiger partial charge is 0.321 e. The van der Waals surface area contributed by atoms with E-state index in [1.54, 1.807) is 0 Å². The predicted molar refractivity (Wildman–Crippen MR) is 96.3 cm³/mol. The lowest BCUT2D eigenvalue weighted by molar-refractivity contribution is -0.121. The number of aryl methyl sites for hydroxylation is 1. The van der Waals surface area contributed by atoms with E-state index in [1.807, 2.05) is 26.8 Å². The Labute approximate surface area is 144 Å². The van der Waals surface area contributed by atoms with Crippen LogP contribution in [-0.2, 0) is 4.79 Å². The summed E-state index contributed by atoms with van der Waals surface area (Å²) < 4.78 is 0. The molecule has 132 valence electrons. The van der Waals surface area contributed by atoms with Gasteiger partial charge in [0.15, 0.2) is 0 Å². The van der Waals surface area contributed by atoms with Crippen LogP contribution in [0.2, 0.25) is 0 Å². The minimum atomic E-state index is -0.439. The Morgan fingerprint density at radius 3 is 2.29 bits per heavy atom. The van der Waals surface area contributed by atoms with Gasteiger partial charge in [-0.3, -0.25) is 15.0 Å². The number of carbonyl (C=O) groups excluding carboxylic acids is 2. The van der Waals surface area contributed by atoms with E-state index in [2.05, 4.69) is 45.6 Å². The van der Waals surface area contributed by atoms with Gasteiger partial charge in [-0.15, -0.1) is 0 Å². The number of anilines is 1. The Balaban J connectivity index is 1.78. The number of hydrogen-bond donors (Lipinski definition) is 2. The molecular formula is C18H28N4O2. The van der Waals surface area contributed by atoms with Crippen LogP contribution in [0.3, 0.4) is 0 Å². The standard InChI is InChI=1S/C18H28N4O2/c1-14-7-5-6-8-15(14)22-11-9-21(10-12-22)13-16(23)19-17(24)20-18(2,3)4/h5-8H,9-13H2,1-4H3,(H2,19,20,23,24). The molecule has 1 aliphatic heterocycles. The van der Waals surface area contributed by atoms with Gasteiger partial charge in [0.2, 0.25) is 5.91 Å². The number of rotatable bonds is 3. The number of carbonyl (C=O) groups is 2. The van der Waals surface area contributed by atoms with Gasteiger partial charge < -0.3 is 10.2 Å². The first-order valence-corrected chi connectivity index (χ1v) is 8.39. The topological polar surface area (TPSA) is 64.7 Å². The quantitative estimate of drug-likeness (QED) is 0.885. The van der Waals surface area contributed by atoms with Crippen LogP contribution in [0.15, 0.2) is 24.3 Å². The van der Waals surface area contributed by atoms with Gasteiger partial charge in [0.05, 0.1) is 6.54 Å². The van der Waals surface area contributed by atoms with Crippen LogP contribution in [0.5, 0.6) is 0 Å². The number of amides is 3. The molecule has 2 N–H and O–H groups in total. The summed E-state index contributed by atoms with van der Waals surface area (Å²) in [5.74, 6) is -0.263. The first-order valence-electron chi connectivity index (χ1n) is 8.39. The number of hydrogen-bond acceptors (Lipinski definition) is 4. The molecule has 3 amide bonds. The number of benzene rings is 1. The third kappa shape index (κ3) is 5.53. The van der Waals surface area contributed by atoms with Crippen LogP contribution in [0.4, 0.5) is 10.5 Å². The maximum Gasteiger partial charge on any atom is 0.321 e. The van der Waals surface area contributed by atoms with Crippen LogP contribution in [0.1, 0.15) is 26.3 Å². The van der Waals surface area contributed by atoms with Crippen molar-refractivity contribution in [3.05, 3.63) is 29.8 Å². The molecule has 0 bridgehead atoms. The summed E-state index contributed by atoms with van der Waals surface area (Å²) in [5.41, 5.74) is 2.16. The molecule has 1 aromatic rings. The zero-order valence-corrected chi connectivity index (χ0v) is 15.1. The average Bonchev–Trinajstić information content (AvgIpc) is 2.46. The van der Waals surface area contributed by atoms with Gasteiger partial charge in [0, 0.05) is 37.4 Å². The van der Waals surface area contributed by atoms with Crippen molar-refractivity contribution < 1.29 is 9.59 Å². The molecule has 0 atom stereocenters. The van der Waals surface area contributed by atoms with Crippen LogP contribution < -0.4 is 15.5 Å². The van der Waals surface area contributed by atoms with Crippen molar-refractivity contribution in [1.82, 2.24) is 15.5 Å². The monoisotopic (exact) mass is 332 g/mol. The van der Waals surface area contributed by atoms with Crippen molar-refractivity contribution in [2.45, 2.75) is 33.2 Å². The molecule has 1 aliphatic rings. The van der Waals surface area contributed by atoms with Gasteiger partial charge in [-0.2, -0.15) is 0 Å². The number of para-hydroxylation sites is 1. The highest BCUT2D eigenvalue weighted by atomic mass is 16.2. The lowest BCUT2D eigenvalue weighted by Gasteiger charge is -2.36. The third-order valence-corrected chi connectivity index (χ3v) is 3.94. The number of nitrogens with zero attached hydrogens (tertiary/aromatic N) is 2. The Kier molecular flexibility index (Phi) is 5.83. The van der Waals surface area contributed by atoms with Crippen molar-refractivity contribution in [2.75, 3.05) is 37.6 Å². The van der Waals surface area contributed by atoms with Gasteiger partial charge >= 0.3 is 6.03 Å². The highest BCUT2D eigenvalue weighted by Crippen LogP contribution is 2.20. The van der Waals surface area contributed by atoms with Crippen molar-refractivity contribution in [2.24, 2.45) is 0 Å². The fourth-order valence-corrected chi connectivity index (χ4v) is 2.81. The summed E-state index contributed by atoms with van der Waals surface area (Å²) >= 11 is 0. The number of urea groups is 1. The Hall–Kier alpha value is -2.08. The maximum atomic E-state index is 12.0. The highest BCUT2D eigenvalue weighted by Gasteiger charge is 2.21. The van der Waals surface area contributed by atoms with E-state index in [4.69, 9.17) is 0 Å². The molecule has 24 heavy (non-hydrogen) atoms. The van der Waals surface area contributed by atoms with Crippen LogP contribution >= 0.6 is 0 Å². The van der Waals surface area contributed by atoms with E-state index in [1.165, 1.54) is 11.3 Å². The molecule has 1 aromatic carbocycles. The summed E-state index contributed by atoms with van der Waals surface area (Å²) in [4.78, 5) is 28.1. The molecule has 6 nitrogen and oxygen atoms in total. The van der Waals surface area contributed by atoms with E-state index in [0.717, 1.165) is 26.2 Å². The van der Waals surface area contributed by atoms with Crippen molar-refractivity contribution in [3.8, 4) is 0 Å². The van der Waals surface area contributed by atoms with E-state index >= 15 is 0 Å². The van der Waals surface area contributed by atoms with Crippen molar-refractivity contribution in [1.29, 1.82) is 0 Å². The van der Waals surface area contributed by atoms with Gasteiger partial charge in [-0.25, -0.2) is 4.79 Å². The summed E-state index contributed by atoms with van der Waals surface area (Å²) in [6, 6.07) is 7.90. The van der Waals surface area contributed by atoms with E-state index in [0.29, 0.717) is 0 Å². The first kappa shape index (κ1) is 18.3. The molecule has 1 saturated heterocycles. The van der Waals surface area contributed by atoms with Crippen LogP contribution in [0.25, 0.3) is 0 Å². The second kappa shape index (κ2) is 7.66. The SMILES string of the molecule is Cc1ccccc1N1CCN(CC(=O)NC(=O)NC(C)(C)C)CC1. The van der Waals surface area contributed by atoms with Crippen LogP contribution in [-0.4, -0.2) is 55.1 Å². The first-order chi connectivity index (χ1) is 11.2. The Bertz CT molecular complexity index is 587. The molecule has 2 rings (SSSR count). The van der Waals surface area contributed by atoms with Gasteiger partial charge in [-0.05, 0) is 39.3 Å². The van der Waals surface area contributed by atoms with E-state index < -0.39 is 6.03 Å². The number of piperazine rings is 1. The molecule has 0 radical (unpaired) electrons. The molecule has 0 aliphatic carbocycles. The predicted octanol–water partition coefficient (Wildman–Crippen LogP) is 1.74.